The van der Waals surface area contributed by atoms with Crippen LogP contribution in [0.4, 0.5) is 5.69 Å². The van der Waals surface area contributed by atoms with Crippen molar-refractivity contribution in [2.75, 3.05) is 12.3 Å². The molecule has 0 aliphatic carbocycles. The number of halogens is 1. The van der Waals surface area contributed by atoms with E-state index in [9.17, 15) is 8.42 Å². The van der Waals surface area contributed by atoms with E-state index in [1.807, 2.05) is 0 Å². The van der Waals surface area contributed by atoms with Crippen LogP contribution < -0.4 is 5.73 Å². The van der Waals surface area contributed by atoms with Crippen LogP contribution in [0.5, 0.6) is 0 Å². The average Bonchev–Trinajstić information content (AvgIpc) is 2.10. The van der Waals surface area contributed by atoms with Gasteiger partial charge in [-0.15, -0.1) is 5.69 Å². The van der Waals surface area contributed by atoms with Crippen molar-refractivity contribution in [2.45, 2.75) is 6.92 Å². The molecule has 0 amide bonds. The first-order valence-electron chi connectivity index (χ1n) is 4.46. The normalized spacial score (nSPS) is 11.4. The molecule has 0 aliphatic rings. The van der Waals surface area contributed by atoms with Crippen molar-refractivity contribution in [1.29, 1.82) is 0 Å². The molecule has 15 heavy (non-hydrogen) atoms. The minimum Gasteiger partial charge on any atom is -0.576 e. The van der Waals surface area contributed by atoms with Gasteiger partial charge in [-0.3, -0.25) is 0 Å². The Morgan fingerprint density at radius 2 is 2.13 bits per heavy atom. The smallest absolute Gasteiger partial charge is 0.0993 e. The maximum absolute atomic E-state index is 11.4. The van der Waals surface area contributed by atoms with Crippen LogP contribution >= 0.6 is 11.6 Å². The summed E-state index contributed by atoms with van der Waals surface area (Å²) in [6.07, 6.45) is 0. The standard InChI is InChI=1S/C9H12ClN2O2S/c1-7-2-3-8(10)6-9(7)12-15(13,14)5-4-11/h2-3,6H,4-5,11H2,1H3/q-1/p+1. The number of hydrogen-bond acceptors (Lipinski definition) is 2. The number of rotatable bonds is 4. The van der Waals surface area contributed by atoms with Crippen molar-refractivity contribution in [3.05, 3.63) is 33.5 Å². The van der Waals surface area contributed by atoms with Gasteiger partial charge < -0.3 is 10.5 Å². The molecule has 0 aromatic heterocycles. The Bertz CT molecular complexity index is 445. The molecule has 0 radical (unpaired) electrons. The minimum atomic E-state index is -3.42. The summed E-state index contributed by atoms with van der Waals surface area (Å²) >= 11 is 5.76. The second-order valence-electron chi connectivity index (χ2n) is 3.16. The van der Waals surface area contributed by atoms with E-state index >= 15 is 0 Å². The second-order valence-corrected chi connectivity index (χ2v) is 5.35. The largest absolute Gasteiger partial charge is 0.576 e. The van der Waals surface area contributed by atoms with E-state index in [1.165, 1.54) is 6.07 Å². The van der Waals surface area contributed by atoms with Crippen molar-refractivity contribution in [3.63, 3.8) is 0 Å². The minimum absolute atomic E-state index is 0.0427. The van der Waals surface area contributed by atoms with Crippen molar-refractivity contribution >= 4 is 27.3 Å². The predicted molar refractivity (Wildman–Crippen MR) is 60.7 cm³/mol. The fourth-order valence-electron chi connectivity index (χ4n) is 1.06. The fraction of sp³-hybridized carbons (Fsp3) is 0.333. The molecule has 0 saturated carbocycles. The summed E-state index contributed by atoms with van der Waals surface area (Å²) in [5.74, 6) is -0.0427. The molecular weight excluding hydrogens is 236 g/mol. The van der Waals surface area contributed by atoms with Gasteiger partial charge in [0.2, 0.25) is 0 Å². The van der Waals surface area contributed by atoms with E-state index in [1.54, 1.807) is 19.1 Å². The van der Waals surface area contributed by atoms with Gasteiger partial charge in [0.1, 0.15) is 0 Å². The lowest BCUT2D eigenvalue weighted by molar-refractivity contribution is -0.360. The van der Waals surface area contributed by atoms with E-state index in [0.717, 1.165) is 5.56 Å². The van der Waals surface area contributed by atoms with Crippen molar-refractivity contribution in [1.82, 2.24) is 0 Å². The topological polar surface area (TPSA) is 75.9 Å². The van der Waals surface area contributed by atoms with Crippen molar-refractivity contribution in [2.24, 2.45) is 0 Å². The maximum atomic E-state index is 11.4. The predicted octanol–water partition coefficient (Wildman–Crippen LogP) is 1.23. The molecule has 4 nitrogen and oxygen atoms in total. The monoisotopic (exact) mass is 248 g/mol. The molecule has 0 atom stereocenters. The number of aryl methyl sites for hydroxylation is 1. The first-order chi connectivity index (χ1) is 6.94. The van der Waals surface area contributed by atoms with Gasteiger partial charge in [-0.05, 0) is 13.0 Å². The average molecular weight is 249 g/mol. The second kappa shape index (κ2) is 4.83. The zero-order valence-electron chi connectivity index (χ0n) is 8.40. The van der Waals surface area contributed by atoms with E-state index < -0.39 is 10.0 Å². The Morgan fingerprint density at radius 1 is 1.47 bits per heavy atom. The van der Waals surface area contributed by atoms with E-state index in [-0.39, 0.29) is 5.75 Å². The first-order valence-corrected chi connectivity index (χ1v) is 6.44. The summed E-state index contributed by atoms with van der Waals surface area (Å²) < 4.78 is 26.5. The summed E-state index contributed by atoms with van der Waals surface area (Å²) in [7, 11) is -3.42. The highest BCUT2D eigenvalue weighted by Crippen LogP contribution is 2.29. The molecule has 0 fully saturated rings. The highest BCUT2D eigenvalue weighted by Gasteiger charge is 2.01. The summed E-state index contributed by atoms with van der Waals surface area (Å²) in [6, 6.07) is 4.97. The van der Waals surface area contributed by atoms with Crippen molar-refractivity contribution < 1.29 is 14.2 Å². The van der Waals surface area contributed by atoms with Crippen LogP contribution in [0.3, 0.4) is 0 Å². The summed E-state index contributed by atoms with van der Waals surface area (Å²) in [5, 5.41) is 0.476. The summed E-state index contributed by atoms with van der Waals surface area (Å²) in [4.78, 5) is 0. The first kappa shape index (κ1) is 12.3. The number of benzene rings is 1. The third-order valence-electron chi connectivity index (χ3n) is 1.81. The number of quaternary nitrogens is 1. The fourth-order valence-corrected chi connectivity index (χ4v) is 2.18. The lowest BCUT2D eigenvalue weighted by Gasteiger charge is -2.23. The van der Waals surface area contributed by atoms with Gasteiger partial charge in [0, 0.05) is 5.02 Å². The SMILES string of the molecule is Cc1ccc(Cl)cc1[N-]S(=O)(=O)CC[NH3+]. The van der Waals surface area contributed by atoms with Gasteiger partial charge in [0.05, 0.1) is 22.3 Å². The van der Waals surface area contributed by atoms with E-state index in [0.29, 0.717) is 17.3 Å². The molecule has 6 heteroatoms. The molecule has 0 heterocycles. The summed E-state index contributed by atoms with van der Waals surface area (Å²) in [5.41, 5.74) is 4.67. The molecule has 3 N–H and O–H groups in total. The molecule has 1 aromatic carbocycles. The Hall–Kier alpha value is -0.780. The van der Waals surface area contributed by atoms with Crippen LogP contribution in [-0.2, 0) is 10.0 Å². The maximum Gasteiger partial charge on any atom is 0.0993 e. The van der Waals surface area contributed by atoms with Gasteiger partial charge in [0.15, 0.2) is 0 Å². The number of nitrogens with zero attached hydrogens (tertiary/aromatic N) is 1. The van der Waals surface area contributed by atoms with Crippen LogP contribution in [0, 0.1) is 6.92 Å². The zero-order chi connectivity index (χ0) is 11.5. The number of hydrogen-bond donors (Lipinski definition) is 1. The molecule has 0 spiro atoms. The van der Waals surface area contributed by atoms with Gasteiger partial charge >= 0.3 is 0 Å². The highest BCUT2D eigenvalue weighted by molar-refractivity contribution is 7.94. The molecule has 1 aromatic rings. The van der Waals surface area contributed by atoms with Crippen LogP contribution in [0.25, 0.3) is 4.72 Å². The lowest BCUT2D eigenvalue weighted by atomic mass is 10.2. The third kappa shape index (κ3) is 3.70. The Balaban J connectivity index is 2.94. The number of sulfonamides is 1. The molecule has 1 rings (SSSR count). The highest BCUT2D eigenvalue weighted by atomic mass is 35.5. The molecule has 0 bridgehead atoms. The van der Waals surface area contributed by atoms with Crippen molar-refractivity contribution in [3.8, 4) is 0 Å². The Morgan fingerprint density at radius 3 is 2.73 bits per heavy atom. The molecule has 0 saturated heterocycles. The Labute approximate surface area is 94.5 Å². The third-order valence-corrected chi connectivity index (χ3v) is 3.33. The summed E-state index contributed by atoms with van der Waals surface area (Å²) in [6.45, 7) is 2.10. The quantitative estimate of drug-likeness (QED) is 0.870. The molecule has 84 valence electrons. The lowest BCUT2D eigenvalue weighted by Crippen LogP contribution is -2.52. The van der Waals surface area contributed by atoms with Gasteiger partial charge in [0.25, 0.3) is 0 Å². The molecular formula is C9H13ClN2O2S. The van der Waals surface area contributed by atoms with Crippen LogP contribution in [0.1, 0.15) is 5.56 Å². The van der Waals surface area contributed by atoms with E-state index in [4.69, 9.17) is 11.6 Å². The van der Waals surface area contributed by atoms with E-state index in [2.05, 4.69) is 10.5 Å². The van der Waals surface area contributed by atoms with Crippen LogP contribution in [0.2, 0.25) is 5.02 Å². The van der Waals surface area contributed by atoms with Gasteiger partial charge in [-0.2, -0.15) is 0 Å². The molecule has 0 aliphatic heterocycles. The Kier molecular flexibility index (Phi) is 3.96. The van der Waals surface area contributed by atoms with Gasteiger partial charge in [-0.25, -0.2) is 8.42 Å². The van der Waals surface area contributed by atoms with Gasteiger partial charge in [-0.1, -0.05) is 29.3 Å². The van der Waals surface area contributed by atoms with Crippen LogP contribution in [0.15, 0.2) is 18.2 Å². The zero-order valence-corrected chi connectivity index (χ0v) is 9.98. The molecule has 0 unspecified atom stereocenters. The van der Waals surface area contributed by atoms with Crippen LogP contribution in [-0.4, -0.2) is 20.7 Å².